The molecule has 9 heteroatoms. The molecule has 0 amide bonds. The summed E-state index contributed by atoms with van der Waals surface area (Å²) in [4.78, 5) is 4.39. The Morgan fingerprint density at radius 2 is 2.25 bits per heavy atom. The van der Waals surface area contributed by atoms with E-state index in [4.69, 9.17) is 37.4 Å². The lowest BCUT2D eigenvalue weighted by Gasteiger charge is -2.15. The Labute approximate surface area is 176 Å². The van der Waals surface area contributed by atoms with Crippen molar-refractivity contribution in [2.45, 2.75) is 32.0 Å². The number of aliphatic imine (C=N–C) groups is 1. The minimum absolute atomic E-state index is 0.0697. The molecule has 0 aromatic heterocycles. The van der Waals surface area contributed by atoms with Gasteiger partial charge in [-0.15, -0.1) is 0 Å². The van der Waals surface area contributed by atoms with E-state index in [1.807, 2.05) is 6.92 Å². The van der Waals surface area contributed by atoms with Crippen molar-refractivity contribution in [2.24, 2.45) is 4.99 Å². The molecular weight excluding hydrogens is 405 g/mol. The average molecular weight is 434 g/mol. The van der Waals surface area contributed by atoms with Crippen LogP contribution in [0.15, 0.2) is 23.2 Å². The molecule has 1 fully saturated rings. The van der Waals surface area contributed by atoms with Crippen LogP contribution in [0.2, 0.25) is 10.0 Å². The number of aliphatic hydroxyl groups is 1. The third kappa shape index (κ3) is 8.41. The van der Waals surface area contributed by atoms with E-state index in [1.165, 1.54) is 0 Å². The van der Waals surface area contributed by atoms with Crippen molar-refractivity contribution in [1.29, 1.82) is 0 Å². The second kappa shape index (κ2) is 13.1. The summed E-state index contributed by atoms with van der Waals surface area (Å²) in [6.07, 6.45) is 1.29. The third-order valence-electron chi connectivity index (χ3n) is 4.01. The fourth-order valence-electron chi connectivity index (χ4n) is 2.55. The molecule has 3 N–H and O–H groups in total. The van der Waals surface area contributed by atoms with Crippen LogP contribution in [0.4, 0.5) is 0 Å². The van der Waals surface area contributed by atoms with Crippen molar-refractivity contribution in [3.8, 4) is 5.75 Å². The molecule has 2 unspecified atom stereocenters. The van der Waals surface area contributed by atoms with Gasteiger partial charge in [0.2, 0.25) is 0 Å². The van der Waals surface area contributed by atoms with Gasteiger partial charge in [0, 0.05) is 26.3 Å². The Hall–Kier alpha value is -1.25. The molecule has 0 aliphatic carbocycles. The Bertz CT molecular complexity index is 613. The van der Waals surface area contributed by atoms with Crippen molar-refractivity contribution in [3.05, 3.63) is 28.2 Å². The molecule has 2 atom stereocenters. The van der Waals surface area contributed by atoms with Gasteiger partial charge in [0.05, 0.1) is 24.3 Å². The first-order valence-corrected chi connectivity index (χ1v) is 10.3. The van der Waals surface area contributed by atoms with E-state index in [2.05, 4.69) is 15.6 Å². The van der Waals surface area contributed by atoms with E-state index in [0.29, 0.717) is 35.0 Å². The molecule has 0 bridgehead atoms. The van der Waals surface area contributed by atoms with E-state index in [1.54, 1.807) is 18.2 Å². The summed E-state index contributed by atoms with van der Waals surface area (Å²) in [5.74, 6) is 1.08. The maximum absolute atomic E-state index is 10.1. The second-order valence-corrected chi connectivity index (χ2v) is 7.16. The second-order valence-electron chi connectivity index (χ2n) is 6.37. The Morgan fingerprint density at radius 1 is 1.39 bits per heavy atom. The zero-order valence-corrected chi connectivity index (χ0v) is 17.6. The minimum Gasteiger partial charge on any atom is -0.489 e. The molecule has 158 valence electrons. The first kappa shape index (κ1) is 23.0. The van der Waals surface area contributed by atoms with Crippen LogP contribution in [0, 0.1) is 0 Å². The van der Waals surface area contributed by atoms with Gasteiger partial charge in [-0.2, -0.15) is 0 Å². The molecule has 1 saturated heterocycles. The van der Waals surface area contributed by atoms with Crippen LogP contribution in [0.25, 0.3) is 0 Å². The highest BCUT2D eigenvalue weighted by Gasteiger charge is 2.15. The molecule has 1 aliphatic rings. The molecule has 2 rings (SSSR count). The zero-order valence-electron chi connectivity index (χ0n) is 16.1. The van der Waals surface area contributed by atoms with Gasteiger partial charge in [0.1, 0.15) is 23.5 Å². The molecule has 1 aliphatic heterocycles. The maximum atomic E-state index is 10.1. The lowest BCUT2D eigenvalue weighted by molar-refractivity contribution is 0.0420. The molecule has 1 heterocycles. The van der Waals surface area contributed by atoms with E-state index in [-0.39, 0.29) is 19.3 Å². The van der Waals surface area contributed by atoms with Crippen LogP contribution in [-0.4, -0.2) is 69.3 Å². The number of nitrogens with one attached hydrogen (secondary N) is 2. The van der Waals surface area contributed by atoms with Crippen LogP contribution in [0.1, 0.15) is 19.8 Å². The van der Waals surface area contributed by atoms with Gasteiger partial charge >= 0.3 is 0 Å². The fraction of sp³-hybridized carbons (Fsp3) is 0.632. The standard InChI is InChI=1S/C19H29Cl2N3O4/c1-2-22-19(23-8-4-9-27-15-7-10-26-13-15)24-11-14(25)12-28-17-6-3-5-16(20)18(17)21/h3,5-6,14-15,25H,2,4,7-13H2,1H3,(H2,22,23,24). The first-order chi connectivity index (χ1) is 13.6. The normalized spacial score (nSPS) is 18.1. The summed E-state index contributed by atoms with van der Waals surface area (Å²) in [7, 11) is 0. The van der Waals surface area contributed by atoms with Crippen LogP contribution in [-0.2, 0) is 9.47 Å². The Balaban J connectivity index is 1.67. The summed E-state index contributed by atoms with van der Waals surface area (Å²) in [6, 6.07) is 5.12. The number of halogens is 2. The number of hydrogen-bond donors (Lipinski definition) is 3. The predicted molar refractivity (Wildman–Crippen MR) is 112 cm³/mol. The third-order valence-corrected chi connectivity index (χ3v) is 4.81. The topological polar surface area (TPSA) is 84.3 Å². The summed E-state index contributed by atoms with van der Waals surface area (Å²) in [5.41, 5.74) is 0. The van der Waals surface area contributed by atoms with E-state index in [9.17, 15) is 5.11 Å². The molecule has 28 heavy (non-hydrogen) atoms. The lowest BCUT2D eigenvalue weighted by Crippen LogP contribution is -2.39. The van der Waals surface area contributed by atoms with Gasteiger partial charge in [0.25, 0.3) is 0 Å². The Morgan fingerprint density at radius 3 is 3.00 bits per heavy atom. The smallest absolute Gasteiger partial charge is 0.191 e. The number of guanidine groups is 1. The summed E-state index contributed by atoms with van der Waals surface area (Å²) in [5, 5.41) is 17.2. The number of ether oxygens (including phenoxy) is 3. The van der Waals surface area contributed by atoms with E-state index in [0.717, 1.165) is 32.5 Å². The number of aliphatic hydroxyl groups excluding tert-OH is 1. The highest BCUT2D eigenvalue weighted by Crippen LogP contribution is 2.31. The number of nitrogens with zero attached hydrogens (tertiary/aromatic N) is 1. The SMILES string of the molecule is CCNC(=NCC(O)COc1cccc(Cl)c1Cl)NCCCOC1CCOC1. The summed E-state index contributed by atoms with van der Waals surface area (Å²) >= 11 is 12.0. The molecule has 0 spiro atoms. The molecule has 1 aromatic carbocycles. The predicted octanol–water partition coefficient (Wildman–Crippen LogP) is 2.48. The molecule has 0 saturated carbocycles. The lowest BCUT2D eigenvalue weighted by atomic mass is 10.3. The van der Waals surface area contributed by atoms with Crippen molar-refractivity contribution in [3.63, 3.8) is 0 Å². The van der Waals surface area contributed by atoms with Gasteiger partial charge in [-0.1, -0.05) is 29.3 Å². The van der Waals surface area contributed by atoms with Crippen LogP contribution >= 0.6 is 23.2 Å². The minimum atomic E-state index is -0.767. The van der Waals surface area contributed by atoms with Crippen molar-refractivity contribution in [2.75, 3.05) is 46.1 Å². The van der Waals surface area contributed by atoms with Gasteiger partial charge in [-0.05, 0) is 31.9 Å². The van der Waals surface area contributed by atoms with Gasteiger partial charge < -0.3 is 30.0 Å². The largest absolute Gasteiger partial charge is 0.489 e. The zero-order chi connectivity index (χ0) is 20.2. The summed E-state index contributed by atoms with van der Waals surface area (Å²) < 4.78 is 16.5. The maximum Gasteiger partial charge on any atom is 0.191 e. The molecule has 0 radical (unpaired) electrons. The van der Waals surface area contributed by atoms with E-state index >= 15 is 0 Å². The number of benzene rings is 1. The molecule has 7 nitrogen and oxygen atoms in total. The number of hydrogen-bond acceptors (Lipinski definition) is 5. The van der Waals surface area contributed by atoms with Crippen molar-refractivity contribution < 1.29 is 19.3 Å². The highest BCUT2D eigenvalue weighted by molar-refractivity contribution is 6.42. The van der Waals surface area contributed by atoms with Gasteiger partial charge in [0.15, 0.2) is 5.96 Å². The van der Waals surface area contributed by atoms with E-state index < -0.39 is 6.10 Å². The first-order valence-electron chi connectivity index (χ1n) is 9.56. The molecular formula is C19H29Cl2N3O4. The number of rotatable bonds is 11. The highest BCUT2D eigenvalue weighted by atomic mass is 35.5. The fourth-order valence-corrected chi connectivity index (χ4v) is 2.89. The van der Waals surface area contributed by atoms with Crippen LogP contribution in [0.5, 0.6) is 5.75 Å². The van der Waals surface area contributed by atoms with Crippen molar-refractivity contribution >= 4 is 29.2 Å². The van der Waals surface area contributed by atoms with Gasteiger partial charge in [-0.25, -0.2) is 0 Å². The molecule has 1 aromatic rings. The monoisotopic (exact) mass is 433 g/mol. The average Bonchev–Trinajstić information content (AvgIpc) is 3.20. The van der Waals surface area contributed by atoms with Crippen LogP contribution < -0.4 is 15.4 Å². The van der Waals surface area contributed by atoms with Crippen molar-refractivity contribution in [1.82, 2.24) is 10.6 Å². The van der Waals surface area contributed by atoms with Crippen LogP contribution in [0.3, 0.4) is 0 Å². The van der Waals surface area contributed by atoms with Gasteiger partial charge in [-0.3, -0.25) is 4.99 Å². The summed E-state index contributed by atoms with van der Waals surface area (Å²) in [6.45, 7) is 5.87. The Kier molecular flexibility index (Phi) is 10.7. The quantitative estimate of drug-likeness (QED) is 0.282.